The van der Waals surface area contributed by atoms with E-state index in [1.54, 1.807) is 6.08 Å². The molecule has 7 atom stereocenters. The maximum Gasteiger partial charge on any atom is 0.220 e. The monoisotopic (exact) mass is 1020 g/mol. The number of rotatable bonds is 53. The smallest absolute Gasteiger partial charge is 0.220 e. The number of hydrogen-bond donors (Lipinski definition) is 6. The minimum atomic E-state index is -1.57. The molecule has 9 nitrogen and oxygen atoms in total. The van der Waals surface area contributed by atoms with Gasteiger partial charge in [-0.05, 0) is 64.2 Å². The Bertz CT molecular complexity index is 1270. The van der Waals surface area contributed by atoms with E-state index in [4.69, 9.17) is 9.47 Å². The third kappa shape index (κ3) is 41.4. The molecular formula is C63H117NO8. The van der Waals surface area contributed by atoms with Crippen LogP contribution in [0.3, 0.4) is 0 Å². The second-order valence-electron chi connectivity index (χ2n) is 21.5. The molecule has 1 heterocycles. The number of nitrogens with one attached hydrogen (secondary N) is 1. The third-order valence-electron chi connectivity index (χ3n) is 14.6. The number of aliphatic hydroxyl groups is 5. The van der Waals surface area contributed by atoms with Gasteiger partial charge >= 0.3 is 0 Å². The van der Waals surface area contributed by atoms with Crippen LogP contribution in [0.4, 0.5) is 0 Å². The first kappa shape index (κ1) is 68.2. The molecule has 1 rings (SSSR count). The van der Waals surface area contributed by atoms with Gasteiger partial charge in [-0.15, -0.1) is 0 Å². The van der Waals surface area contributed by atoms with Crippen LogP contribution in [0.15, 0.2) is 48.6 Å². The molecule has 1 aliphatic heterocycles. The molecule has 0 saturated carbocycles. The molecule has 0 spiro atoms. The Labute approximate surface area is 444 Å². The predicted molar refractivity (Wildman–Crippen MR) is 304 cm³/mol. The van der Waals surface area contributed by atoms with E-state index in [1.165, 1.54) is 225 Å². The summed E-state index contributed by atoms with van der Waals surface area (Å²) in [6, 6.07) is -0.821. The van der Waals surface area contributed by atoms with Crippen LogP contribution in [0.1, 0.15) is 290 Å². The summed E-state index contributed by atoms with van der Waals surface area (Å²) in [4.78, 5) is 13.1. The van der Waals surface area contributed by atoms with Gasteiger partial charge in [0, 0.05) is 6.42 Å². The lowest BCUT2D eigenvalue weighted by Crippen LogP contribution is -2.60. The van der Waals surface area contributed by atoms with Gasteiger partial charge in [0.2, 0.25) is 5.91 Å². The van der Waals surface area contributed by atoms with Gasteiger partial charge in [0.05, 0.1) is 25.4 Å². The van der Waals surface area contributed by atoms with Crippen LogP contribution in [0.2, 0.25) is 0 Å². The minimum Gasteiger partial charge on any atom is -0.394 e. The number of amides is 1. The van der Waals surface area contributed by atoms with Gasteiger partial charge in [-0.2, -0.15) is 0 Å². The van der Waals surface area contributed by atoms with Crippen molar-refractivity contribution in [2.24, 2.45) is 0 Å². The van der Waals surface area contributed by atoms with Crippen LogP contribution >= 0.6 is 0 Å². The van der Waals surface area contributed by atoms with Crippen molar-refractivity contribution in [1.82, 2.24) is 5.32 Å². The van der Waals surface area contributed by atoms with E-state index in [1.807, 2.05) is 6.08 Å². The topological polar surface area (TPSA) is 149 Å². The fourth-order valence-corrected chi connectivity index (χ4v) is 9.73. The Kier molecular flexibility index (Phi) is 49.8. The number of ether oxygens (including phenoxy) is 2. The Balaban J connectivity index is 2.16. The van der Waals surface area contributed by atoms with Crippen LogP contribution in [0.25, 0.3) is 0 Å². The highest BCUT2D eigenvalue weighted by atomic mass is 16.7. The number of unbranched alkanes of at least 4 members (excludes halogenated alkanes) is 37. The lowest BCUT2D eigenvalue weighted by molar-refractivity contribution is -0.302. The van der Waals surface area contributed by atoms with Crippen LogP contribution in [-0.2, 0) is 14.3 Å². The first-order chi connectivity index (χ1) is 35.3. The van der Waals surface area contributed by atoms with Crippen molar-refractivity contribution in [3.05, 3.63) is 48.6 Å². The summed E-state index contributed by atoms with van der Waals surface area (Å²) in [7, 11) is 0. The highest BCUT2D eigenvalue weighted by Gasteiger charge is 2.44. The van der Waals surface area contributed by atoms with E-state index < -0.39 is 49.5 Å². The molecule has 1 fully saturated rings. The van der Waals surface area contributed by atoms with Crippen LogP contribution < -0.4 is 5.32 Å². The molecule has 0 radical (unpaired) electrons. The van der Waals surface area contributed by atoms with Crippen LogP contribution in [0.5, 0.6) is 0 Å². The van der Waals surface area contributed by atoms with Gasteiger partial charge in [-0.3, -0.25) is 4.79 Å². The van der Waals surface area contributed by atoms with E-state index >= 15 is 0 Å². The van der Waals surface area contributed by atoms with Gasteiger partial charge in [-0.1, -0.05) is 268 Å². The maximum absolute atomic E-state index is 13.1. The zero-order chi connectivity index (χ0) is 52.2. The van der Waals surface area contributed by atoms with Gasteiger partial charge < -0.3 is 40.3 Å². The van der Waals surface area contributed by atoms with Gasteiger partial charge in [0.25, 0.3) is 0 Å². The number of hydrogen-bond acceptors (Lipinski definition) is 8. The number of carbonyl (C=O) groups is 1. The Morgan fingerprint density at radius 2 is 0.833 bits per heavy atom. The fraction of sp³-hybridized carbons (Fsp3) is 0.857. The summed E-state index contributed by atoms with van der Waals surface area (Å²) >= 11 is 0. The largest absolute Gasteiger partial charge is 0.394 e. The number of carbonyl (C=O) groups excluding carboxylic acids is 1. The van der Waals surface area contributed by atoms with Gasteiger partial charge in [-0.25, -0.2) is 0 Å². The molecule has 6 N–H and O–H groups in total. The van der Waals surface area contributed by atoms with Crippen LogP contribution in [0, 0.1) is 0 Å². The zero-order valence-electron chi connectivity index (χ0n) is 46.9. The second kappa shape index (κ2) is 52.6. The molecule has 1 aliphatic rings. The summed E-state index contributed by atoms with van der Waals surface area (Å²) in [6.45, 7) is 3.78. The molecule has 0 aromatic carbocycles. The average Bonchev–Trinajstić information content (AvgIpc) is 3.38. The first-order valence-corrected chi connectivity index (χ1v) is 30.9. The van der Waals surface area contributed by atoms with Crippen molar-refractivity contribution < 1.29 is 39.8 Å². The molecule has 0 aromatic rings. The second-order valence-corrected chi connectivity index (χ2v) is 21.5. The normalized spacial score (nSPS) is 19.5. The number of aliphatic hydroxyl groups excluding tert-OH is 5. The standard InChI is InChI=1S/C63H117NO8/c1-3-5-7-9-11-13-15-17-19-21-23-24-25-26-27-28-29-30-31-32-33-34-35-37-39-41-43-45-47-49-51-53-59(67)64-56(55-71-63-62(70)61(69)60(68)58(54-65)72-63)57(66)52-50-48-46-44-42-40-38-36-22-20-18-16-14-12-10-8-6-4-2/h15,17,21,23,42,44,50,52,56-58,60-63,65-66,68-70H,3-14,16,18-20,22,24-41,43,45-49,51,53-55H2,1-2H3,(H,64,67)/b17-15-,23-21-,44-42+,52-50+. The SMILES string of the molecule is CCCCCCC/C=C\C/C=C\CCCCCCCCCCCCCCCCCCCCCC(=O)NC(COC1OC(CO)C(O)C(O)C1O)C(O)/C=C/CC/C=C/CCCCCCCCCCCCCC. The van der Waals surface area contributed by atoms with E-state index in [0.717, 1.165) is 44.9 Å². The molecule has 7 unspecified atom stereocenters. The molecule has 72 heavy (non-hydrogen) atoms. The summed E-state index contributed by atoms with van der Waals surface area (Å²) in [5, 5.41) is 54.5. The Hall–Kier alpha value is -1.85. The minimum absolute atomic E-state index is 0.183. The highest BCUT2D eigenvalue weighted by Crippen LogP contribution is 2.23. The maximum atomic E-state index is 13.1. The third-order valence-corrected chi connectivity index (χ3v) is 14.6. The van der Waals surface area contributed by atoms with Gasteiger partial charge in [0.15, 0.2) is 6.29 Å². The summed E-state index contributed by atoms with van der Waals surface area (Å²) in [6.07, 6.45) is 63.4. The van der Waals surface area contributed by atoms with Crippen molar-refractivity contribution in [3.8, 4) is 0 Å². The molecule has 0 bridgehead atoms. The van der Waals surface area contributed by atoms with Crippen LogP contribution in [-0.4, -0.2) is 87.5 Å². The summed E-state index contributed by atoms with van der Waals surface area (Å²) in [5.74, 6) is -0.183. The van der Waals surface area contributed by atoms with Crippen molar-refractivity contribution in [1.29, 1.82) is 0 Å². The molecule has 1 amide bonds. The van der Waals surface area contributed by atoms with Crippen molar-refractivity contribution >= 4 is 5.91 Å². The molecule has 1 saturated heterocycles. The quantitative estimate of drug-likeness (QED) is 0.0261. The van der Waals surface area contributed by atoms with Crippen molar-refractivity contribution in [2.45, 2.75) is 333 Å². The zero-order valence-corrected chi connectivity index (χ0v) is 46.9. The van der Waals surface area contributed by atoms with Crippen molar-refractivity contribution in [2.75, 3.05) is 13.2 Å². The molecule has 422 valence electrons. The predicted octanol–water partition coefficient (Wildman–Crippen LogP) is 15.7. The molecule has 0 aromatic heterocycles. The van der Waals surface area contributed by atoms with E-state index in [2.05, 4.69) is 55.6 Å². The number of allylic oxidation sites excluding steroid dienone is 7. The van der Waals surface area contributed by atoms with Gasteiger partial charge in [0.1, 0.15) is 24.4 Å². The average molecular weight is 1020 g/mol. The Morgan fingerprint density at radius 3 is 1.25 bits per heavy atom. The molecule has 0 aliphatic carbocycles. The summed E-state index contributed by atoms with van der Waals surface area (Å²) in [5.41, 5.74) is 0. The van der Waals surface area contributed by atoms with E-state index in [9.17, 15) is 30.3 Å². The van der Waals surface area contributed by atoms with Crippen molar-refractivity contribution in [3.63, 3.8) is 0 Å². The lowest BCUT2D eigenvalue weighted by atomic mass is 9.99. The van der Waals surface area contributed by atoms with E-state index in [-0.39, 0.29) is 12.5 Å². The fourth-order valence-electron chi connectivity index (χ4n) is 9.73. The Morgan fingerprint density at radius 1 is 0.472 bits per heavy atom. The summed E-state index contributed by atoms with van der Waals surface area (Å²) < 4.78 is 11.3. The highest BCUT2D eigenvalue weighted by molar-refractivity contribution is 5.76. The molecular weight excluding hydrogens is 899 g/mol. The first-order valence-electron chi connectivity index (χ1n) is 30.9. The van der Waals surface area contributed by atoms with E-state index in [0.29, 0.717) is 6.42 Å². The lowest BCUT2D eigenvalue weighted by Gasteiger charge is -2.40. The molecule has 9 heteroatoms.